The summed E-state index contributed by atoms with van der Waals surface area (Å²) in [6.07, 6.45) is 5.42. The summed E-state index contributed by atoms with van der Waals surface area (Å²) in [7, 11) is 0. The van der Waals surface area contributed by atoms with Crippen LogP contribution in [-0.2, 0) is 4.79 Å². The third kappa shape index (κ3) is 3.37. The molecule has 0 bridgehead atoms. The molecule has 4 N–H and O–H groups in total. The maximum atomic E-state index is 11.3. The number of fused-ring (bicyclic) bond motifs is 1. The van der Waals surface area contributed by atoms with Gasteiger partial charge in [-0.2, -0.15) is 0 Å². The van der Waals surface area contributed by atoms with Gasteiger partial charge in [-0.25, -0.2) is 4.79 Å². The van der Waals surface area contributed by atoms with E-state index in [2.05, 4.69) is 13.8 Å². The Hall–Kier alpha value is -1.17. The minimum atomic E-state index is -1.26. The second-order valence-electron chi connectivity index (χ2n) is 7.46. The van der Waals surface area contributed by atoms with Crippen molar-refractivity contribution < 1.29 is 25.2 Å². The number of carboxylic acids is 1. The van der Waals surface area contributed by atoms with E-state index in [9.17, 15) is 20.1 Å². The molecule has 130 valence electrons. The highest BCUT2D eigenvalue weighted by molar-refractivity contribution is 5.80. The lowest BCUT2D eigenvalue weighted by Gasteiger charge is -2.56. The average Bonchev–Trinajstić information content (AvgIpc) is 2.46. The molecule has 2 rings (SSSR count). The Balaban J connectivity index is 2.35. The number of rotatable bonds is 3. The lowest BCUT2D eigenvalue weighted by Crippen LogP contribution is -2.64. The van der Waals surface area contributed by atoms with Crippen LogP contribution < -0.4 is 0 Å². The van der Waals surface area contributed by atoms with E-state index >= 15 is 0 Å². The third-order valence-electron chi connectivity index (χ3n) is 5.80. The van der Waals surface area contributed by atoms with Gasteiger partial charge in [0.2, 0.25) is 0 Å². The van der Waals surface area contributed by atoms with Crippen LogP contribution in [0.2, 0.25) is 0 Å². The summed E-state index contributed by atoms with van der Waals surface area (Å²) < 4.78 is 0. The highest BCUT2D eigenvalue weighted by atomic mass is 16.4. The van der Waals surface area contributed by atoms with Crippen molar-refractivity contribution in [2.45, 2.75) is 51.4 Å². The number of hydrogen-bond acceptors (Lipinski definition) is 4. The molecule has 0 amide bonds. The molecule has 0 aromatic carbocycles. The highest BCUT2D eigenvalue weighted by Gasteiger charge is 2.58. The molecule has 5 nitrogen and oxygen atoms in total. The normalized spacial score (nSPS) is 47.8. The van der Waals surface area contributed by atoms with Gasteiger partial charge in [-0.3, -0.25) is 0 Å². The molecule has 0 aliphatic heterocycles. The van der Waals surface area contributed by atoms with E-state index in [1.54, 1.807) is 13.0 Å². The highest BCUT2D eigenvalue weighted by Crippen LogP contribution is 2.52. The predicted molar refractivity (Wildman–Crippen MR) is 86.6 cm³/mol. The van der Waals surface area contributed by atoms with Crippen molar-refractivity contribution in [3.63, 3.8) is 0 Å². The maximum Gasteiger partial charge on any atom is 0.328 e. The van der Waals surface area contributed by atoms with Gasteiger partial charge in [0.1, 0.15) is 0 Å². The van der Waals surface area contributed by atoms with E-state index in [4.69, 9.17) is 5.11 Å². The largest absolute Gasteiger partial charge is 0.478 e. The van der Waals surface area contributed by atoms with E-state index in [1.165, 1.54) is 12.2 Å². The van der Waals surface area contributed by atoms with Crippen molar-refractivity contribution in [2.24, 2.45) is 29.6 Å². The van der Waals surface area contributed by atoms with Crippen molar-refractivity contribution in [3.05, 3.63) is 24.3 Å². The summed E-state index contributed by atoms with van der Waals surface area (Å²) in [6.45, 7) is 5.95. The number of allylic oxidation sites excluding steroid dienone is 2. The van der Waals surface area contributed by atoms with Gasteiger partial charge in [-0.05, 0) is 36.5 Å². The summed E-state index contributed by atoms with van der Waals surface area (Å²) >= 11 is 0. The smallest absolute Gasteiger partial charge is 0.328 e. The minimum absolute atomic E-state index is 0.151. The second-order valence-corrected chi connectivity index (χ2v) is 7.46. The van der Waals surface area contributed by atoms with Crippen molar-refractivity contribution in [2.75, 3.05) is 0 Å². The monoisotopic (exact) mass is 324 g/mol. The maximum absolute atomic E-state index is 11.3. The first kappa shape index (κ1) is 18.2. The summed E-state index contributed by atoms with van der Waals surface area (Å²) in [5.74, 6) is -1.22. The molecule has 0 aromatic heterocycles. The number of aliphatic hydroxyl groups excluding tert-OH is 2. The number of hydrogen-bond donors (Lipinski definition) is 4. The molecule has 5 heteroatoms. The number of carbonyl (C=O) groups is 1. The molecule has 0 aromatic rings. The fourth-order valence-electron chi connectivity index (χ4n) is 4.80. The van der Waals surface area contributed by atoms with Gasteiger partial charge in [-0.1, -0.05) is 39.0 Å². The lowest BCUT2D eigenvalue weighted by atomic mass is 9.53. The zero-order valence-corrected chi connectivity index (χ0v) is 14.0. The standard InChI is InChI=1S/C18H28O5/c1-10-8-11(2)15-13(9-10)17(22)16(21)12(3)18(15,23)7-5-4-6-14(19)20/h4-7,10-13,15-17,21-23H,8-9H2,1-3H3,(H,19,20)/b6-4+,7-5+. The Bertz CT molecular complexity index is 500. The fourth-order valence-corrected chi connectivity index (χ4v) is 4.80. The van der Waals surface area contributed by atoms with Crippen LogP contribution in [0.25, 0.3) is 0 Å². The predicted octanol–water partition coefficient (Wildman–Crippen LogP) is 1.58. The Morgan fingerprint density at radius 1 is 1.09 bits per heavy atom. The molecular weight excluding hydrogens is 296 g/mol. The molecule has 2 saturated carbocycles. The molecule has 0 saturated heterocycles. The summed E-state index contributed by atoms with van der Waals surface area (Å²) in [4.78, 5) is 10.5. The Morgan fingerprint density at radius 2 is 1.74 bits per heavy atom. The van der Waals surface area contributed by atoms with Crippen LogP contribution in [0.3, 0.4) is 0 Å². The van der Waals surface area contributed by atoms with E-state index in [0.29, 0.717) is 5.92 Å². The van der Waals surface area contributed by atoms with Gasteiger partial charge in [-0.15, -0.1) is 0 Å². The molecule has 0 spiro atoms. The van der Waals surface area contributed by atoms with Gasteiger partial charge in [0.15, 0.2) is 0 Å². The first-order chi connectivity index (χ1) is 10.7. The van der Waals surface area contributed by atoms with Crippen molar-refractivity contribution in [1.29, 1.82) is 0 Å². The van der Waals surface area contributed by atoms with Gasteiger partial charge >= 0.3 is 5.97 Å². The van der Waals surface area contributed by atoms with Crippen molar-refractivity contribution in [1.82, 2.24) is 0 Å². The van der Waals surface area contributed by atoms with Crippen LogP contribution in [0.1, 0.15) is 33.6 Å². The van der Waals surface area contributed by atoms with Gasteiger partial charge in [0.05, 0.1) is 17.8 Å². The molecule has 2 aliphatic carbocycles. The summed E-state index contributed by atoms with van der Waals surface area (Å²) in [5, 5.41) is 40.8. The molecule has 23 heavy (non-hydrogen) atoms. The number of aliphatic carboxylic acids is 1. The van der Waals surface area contributed by atoms with Gasteiger partial charge in [0, 0.05) is 12.0 Å². The average molecular weight is 324 g/mol. The second kappa shape index (κ2) is 6.75. The van der Waals surface area contributed by atoms with Crippen LogP contribution in [0.4, 0.5) is 0 Å². The summed E-state index contributed by atoms with van der Waals surface area (Å²) in [6, 6.07) is 0. The van der Waals surface area contributed by atoms with Gasteiger partial charge < -0.3 is 20.4 Å². The molecular formula is C18H28O5. The molecule has 8 unspecified atom stereocenters. The Kier molecular flexibility index (Phi) is 5.33. The molecule has 8 atom stereocenters. The fraction of sp³-hybridized carbons (Fsp3) is 0.722. The van der Waals surface area contributed by atoms with Crippen molar-refractivity contribution in [3.8, 4) is 0 Å². The first-order valence-corrected chi connectivity index (χ1v) is 8.35. The third-order valence-corrected chi connectivity index (χ3v) is 5.80. The van der Waals surface area contributed by atoms with Crippen LogP contribution >= 0.6 is 0 Å². The van der Waals surface area contributed by atoms with Gasteiger partial charge in [0.25, 0.3) is 0 Å². The molecule has 2 fully saturated rings. The molecule has 2 aliphatic rings. The van der Waals surface area contributed by atoms with Crippen molar-refractivity contribution >= 4 is 5.97 Å². The van der Waals surface area contributed by atoms with Crippen LogP contribution in [0.5, 0.6) is 0 Å². The molecule has 0 radical (unpaired) electrons. The number of carboxylic acid groups (broad SMARTS) is 1. The lowest BCUT2D eigenvalue weighted by molar-refractivity contribution is -0.207. The first-order valence-electron chi connectivity index (χ1n) is 8.35. The molecule has 0 heterocycles. The quantitative estimate of drug-likeness (QED) is 0.467. The van der Waals surface area contributed by atoms with E-state index < -0.39 is 29.7 Å². The summed E-state index contributed by atoms with van der Waals surface area (Å²) in [5.41, 5.74) is -1.26. The van der Waals surface area contributed by atoms with E-state index in [0.717, 1.165) is 18.9 Å². The SMILES string of the molecule is CC1CC(C)C2C(C1)C(O)C(O)C(C)C2(O)/C=C/C=C/C(=O)O. The number of aliphatic hydroxyl groups is 3. The van der Waals surface area contributed by atoms with Crippen LogP contribution in [-0.4, -0.2) is 44.2 Å². The van der Waals surface area contributed by atoms with E-state index in [1.807, 2.05) is 0 Å². The zero-order chi connectivity index (χ0) is 17.4. The zero-order valence-electron chi connectivity index (χ0n) is 14.0. The Labute approximate surface area is 137 Å². The topological polar surface area (TPSA) is 98.0 Å². The van der Waals surface area contributed by atoms with Crippen LogP contribution in [0.15, 0.2) is 24.3 Å². The minimum Gasteiger partial charge on any atom is -0.478 e. The Morgan fingerprint density at radius 3 is 2.35 bits per heavy atom. The van der Waals surface area contributed by atoms with E-state index in [-0.39, 0.29) is 17.8 Å². The van der Waals surface area contributed by atoms with Crippen LogP contribution in [0, 0.1) is 29.6 Å².